The van der Waals surface area contributed by atoms with Crippen molar-refractivity contribution < 1.29 is 14.0 Å². The first-order valence-electron chi connectivity index (χ1n) is 8.94. The van der Waals surface area contributed by atoms with Gasteiger partial charge in [0.25, 0.3) is 5.91 Å². The molecular weight excluding hydrogens is 369 g/mol. The Balaban J connectivity index is 1.45. The van der Waals surface area contributed by atoms with Crippen LogP contribution in [0.1, 0.15) is 22.3 Å². The molecule has 0 aromatic heterocycles. The van der Waals surface area contributed by atoms with Gasteiger partial charge < -0.3 is 15.1 Å². The van der Waals surface area contributed by atoms with Crippen molar-refractivity contribution in [2.24, 2.45) is 0 Å². The molecule has 2 aromatic carbocycles. The number of amides is 2. The van der Waals surface area contributed by atoms with Gasteiger partial charge in [-0.15, -0.1) is 0 Å². The van der Waals surface area contributed by atoms with Gasteiger partial charge in [-0.05, 0) is 42.3 Å². The SMILES string of the molecule is O=C1CCc2cc(N3CCN(C(=O)c4c(F)cccc4Cl)CC3)ccc2N1. The number of nitrogens with one attached hydrogen (secondary N) is 1. The highest BCUT2D eigenvalue weighted by molar-refractivity contribution is 6.33. The standard InChI is InChI=1S/C20H19ClFN3O2/c21-15-2-1-3-16(22)19(15)20(27)25-10-8-24(9-11-25)14-5-6-17-13(12-14)4-7-18(26)23-17/h1-3,5-6,12H,4,7-11H2,(H,23,26). The van der Waals surface area contributed by atoms with Gasteiger partial charge in [-0.25, -0.2) is 4.39 Å². The number of rotatable bonds is 2. The molecule has 0 spiro atoms. The third-order valence-electron chi connectivity index (χ3n) is 5.09. The lowest BCUT2D eigenvalue weighted by Crippen LogP contribution is -2.49. The monoisotopic (exact) mass is 387 g/mol. The van der Waals surface area contributed by atoms with Crippen LogP contribution in [0.5, 0.6) is 0 Å². The van der Waals surface area contributed by atoms with E-state index in [0.717, 1.165) is 23.4 Å². The summed E-state index contributed by atoms with van der Waals surface area (Å²) in [5.41, 5.74) is 3.01. The van der Waals surface area contributed by atoms with Crippen molar-refractivity contribution >= 4 is 34.8 Å². The van der Waals surface area contributed by atoms with Crippen LogP contribution in [0.2, 0.25) is 5.02 Å². The number of nitrogens with zero attached hydrogens (tertiary/aromatic N) is 2. The zero-order valence-corrected chi connectivity index (χ0v) is 15.4. The van der Waals surface area contributed by atoms with E-state index in [1.165, 1.54) is 18.2 Å². The van der Waals surface area contributed by atoms with Crippen LogP contribution < -0.4 is 10.2 Å². The Labute approximate surface area is 161 Å². The van der Waals surface area contributed by atoms with Gasteiger partial charge in [0, 0.05) is 44.0 Å². The van der Waals surface area contributed by atoms with Gasteiger partial charge in [-0.1, -0.05) is 17.7 Å². The molecular formula is C20H19ClFN3O2. The molecule has 4 rings (SSSR count). The molecule has 2 heterocycles. The minimum absolute atomic E-state index is 0.0502. The Morgan fingerprint density at radius 2 is 1.85 bits per heavy atom. The molecule has 1 N–H and O–H groups in total. The average Bonchev–Trinajstić information content (AvgIpc) is 2.67. The average molecular weight is 388 g/mol. The molecule has 2 aromatic rings. The molecule has 0 unspecified atom stereocenters. The zero-order valence-electron chi connectivity index (χ0n) is 14.7. The van der Waals surface area contributed by atoms with Crippen LogP contribution in [0.15, 0.2) is 36.4 Å². The smallest absolute Gasteiger partial charge is 0.258 e. The van der Waals surface area contributed by atoms with Crippen molar-refractivity contribution in [3.63, 3.8) is 0 Å². The number of fused-ring (bicyclic) bond motifs is 1. The summed E-state index contributed by atoms with van der Waals surface area (Å²) in [7, 11) is 0. The summed E-state index contributed by atoms with van der Waals surface area (Å²) < 4.78 is 14.0. The van der Waals surface area contributed by atoms with E-state index in [2.05, 4.69) is 16.3 Å². The Bertz CT molecular complexity index is 890. The molecule has 7 heteroatoms. The fourth-order valence-corrected chi connectivity index (χ4v) is 3.84. The minimum atomic E-state index is -0.591. The summed E-state index contributed by atoms with van der Waals surface area (Å²) in [5.74, 6) is -0.910. The maximum absolute atomic E-state index is 14.0. The summed E-state index contributed by atoms with van der Waals surface area (Å²) in [4.78, 5) is 28.0. The third kappa shape index (κ3) is 3.49. The normalized spacial score (nSPS) is 16.7. The molecule has 27 heavy (non-hydrogen) atoms. The van der Waals surface area contributed by atoms with Gasteiger partial charge in [0.2, 0.25) is 5.91 Å². The number of hydrogen-bond acceptors (Lipinski definition) is 3. The number of carbonyl (C=O) groups is 2. The quantitative estimate of drug-likeness (QED) is 0.860. The molecule has 5 nitrogen and oxygen atoms in total. The van der Waals surface area contributed by atoms with Crippen LogP contribution in [0.3, 0.4) is 0 Å². The zero-order chi connectivity index (χ0) is 19.0. The van der Waals surface area contributed by atoms with E-state index in [9.17, 15) is 14.0 Å². The van der Waals surface area contributed by atoms with E-state index in [0.29, 0.717) is 32.6 Å². The lowest BCUT2D eigenvalue weighted by Gasteiger charge is -2.36. The number of carbonyl (C=O) groups excluding carboxylic acids is 2. The van der Waals surface area contributed by atoms with Crippen LogP contribution in [0.25, 0.3) is 0 Å². The fourth-order valence-electron chi connectivity index (χ4n) is 3.59. The fraction of sp³-hybridized carbons (Fsp3) is 0.300. The summed E-state index contributed by atoms with van der Waals surface area (Å²) in [6.07, 6.45) is 1.24. The van der Waals surface area contributed by atoms with Crippen LogP contribution in [0, 0.1) is 5.82 Å². The molecule has 2 aliphatic heterocycles. The second kappa shape index (κ2) is 7.19. The van der Waals surface area contributed by atoms with E-state index >= 15 is 0 Å². The number of anilines is 2. The highest BCUT2D eigenvalue weighted by Gasteiger charge is 2.26. The largest absolute Gasteiger partial charge is 0.368 e. The van der Waals surface area contributed by atoms with Crippen LogP contribution >= 0.6 is 11.6 Å². The highest BCUT2D eigenvalue weighted by Crippen LogP contribution is 2.28. The molecule has 0 radical (unpaired) electrons. The lowest BCUT2D eigenvalue weighted by atomic mass is 10.0. The first-order valence-corrected chi connectivity index (χ1v) is 9.32. The summed E-state index contributed by atoms with van der Waals surface area (Å²) in [6.45, 7) is 2.31. The predicted molar refractivity (Wildman–Crippen MR) is 103 cm³/mol. The van der Waals surface area contributed by atoms with E-state index < -0.39 is 5.82 Å². The van der Waals surface area contributed by atoms with Crippen molar-refractivity contribution in [3.8, 4) is 0 Å². The maximum Gasteiger partial charge on any atom is 0.258 e. The van der Waals surface area contributed by atoms with E-state index in [1.54, 1.807) is 4.90 Å². The minimum Gasteiger partial charge on any atom is -0.368 e. The van der Waals surface area contributed by atoms with Crippen molar-refractivity contribution in [1.82, 2.24) is 4.90 Å². The third-order valence-corrected chi connectivity index (χ3v) is 5.41. The second-order valence-electron chi connectivity index (χ2n) is 6.77. The van der Waals surface area contributed by atoms with Crippen LogP contribution in [-0.2, 0) is 11.2 Å². The molecule has 2 amide bonds. The molecule has 0 saturated carbocycles. The van der Waals surface area contributed by atoms with Crippen molar-refractivity contribution in [1.29, 1.82) is 0 Å². The van der Waals surface area contributed by atoms with Gasteiger partial charge in [0.05, 0.1) is 10.6 Å². The predicted octanol–water partition coefficient (Wildman–Crippen LogP) is 3.33. The Morgan fingerprint density at radius 1 is 1.07 bits per heavy atom. The van der Waals surface area contributed by atoms with Crippen LogP contribution in [0.4, 0.5) is 15.8 Å². The van der Waals surface area contributed by atoms with Crippen molar-refractivity contribution in [2.75, 3.05) is 36.4 Å². The van der Waals surface area contributed by atoms with E-state index in [1.807, 2.05) is 12.1 Å². The number of benzene rings is 2. The van der Waals surface area contributed by atoms with Gasteiger partial charge in [0.1, 0.15) is 5.82 Å². The molecule has 0 bridgehead atoms. The van der Waals surface area contributed by atoms with Gasteiger partial charge in [-0.3, -0.25) is 9.59 Å². The number of halogens is 2. The molecule has 1 fully saturated rings. The maximum atomic E-state index is 14.0. The van der Waals surface area contributed by atoms with Gasteiger partial charge in [-0.2, -0.15) is 0 Å². The molecule has 2 aliphatic rings. The summed E-state index contributed by atoms with van der Waals surface area (Å²) in [6, 6.07) is 10.3. The highest BCUT2D eigenvalue weighted by atomic mass is 35.5. The van der Waals surface area contributed by atoms with Crippen LogP contribution in [-0.4, -0.2) is 42.9 Å². The Kier molecular flexibility index (Phi) is 4.74. The number of hydrogen-bond donors (Lipinski definition) is 1. The lowest BCUT2D eigenvalue weighted by molar-refractivity contribution is -0.116. The summed E-state index contributed by atoms with van der Waals surface area (Å²) >= 11 is 6.02. The second-order valence-corrected chi connectivity index (χ2v) is 7.17. The molecule has 0 aliphatic carbocycles. The van der Waals surface area contributed by atoms with Gasteiger partial charge in [0.15, 0.2) is 0 Å². The topological polar surface area (TPSA) is 52.7 Å². The summed E-state index contributed by atoms with van der Waals surface area (Å²) in [5, 5.41) is 3.02. The first kappa shape index (κ1) is 17.8. The van der Waals surface area contributed by atoms with E-state index in [4.69, 9.17) is 11.6 Å². The first-order chi connectivity index (χ1) is 13.0. The van der Waals surface area contributed by atoms with E-state index in [-0.39, 0.29) is 22.4 Å². The number of aryl methyl sites for hydroxylation is 1. The number of piperazine rings is 1. The van der Waals surface area contributed by atoms with Gasteiger partial charge >= 0.3 is 0 Å². The van der Waals surface area contributed by atoms with Crippen molar-refractivity contribution in [3.05, 3.63) is 58.4 Å². The van der Waals surface area contributed by atoms with Crippen molar-refractivity contribution in [2.45, 2.75) is 12.8 Å². The molecule has 1 saturated heterocycles. The Morgan fingerprint density at radius 3 is 2.59 bits per heavy atom. The molecule has 0 atom stereocenters. The molecule has 140 valence electrons. The Hall–Kier alpha value is -2.60.